The second kappa shape index (κ2) is 7.41. The number of nitro benzene ring substituents is 1. The maximum Gasteiger partial charge on any atom is 0.338 e. The molecule has 0 saturated carbocycles. The standard InChI is InChI=1S/C15H13ClN2O5S/c1-17(8-12-3-4-13(16)24-12)14(19)9-5-10(15(20)23-2)7-11(6-9)18(21)22/h3-7H,8H2,1-2H3. The summed E-state index contributed by atoms with van der Waals surface area (Å²) in [7, 11) is 2.72. The molecule has 0 spiro atoms. The Labute approximate surface area is 146 Å². The van der Waals surface area contributed by atoms with Crippen molar-refractivity contribution in [3.63, 3.8) is 0 Å². The molecule has 0 unspecified atom stereocenters. The predicted molar refractivity (Wildman–Crippen MR) is 89.6 cm³/mol. The third kappa shape index (κ3) is 4.09. The number of amides is 1. The fourth-order valence-electron chi connectivity index (χ4n) is 2.04. The molecule has 0 N–H and O–H groups in total. The van der Waals surface area contributed by atoms with Crippen LogP contribution in [0.4, 0.5) is 5.69 Å². The molecule has 0 atom stereocenters. The fraction of sp³-hybridized carbons (Fsp3) is 0.200. The van der Waals surface area contributed by atoms with Gasteiger partial charge >= 0.3 is 5.97 Å². The average Bonchev–Trinajstić information content (AvgIpc) is 2.97. The van der Waals surface area contributed by atoms with E-state index in [4.69, 9.17) is 11.6 Å². The third-order valence-electron chi connectivity index (χ3n) is 3.17. The van der Waals surface area contributed by atoms with Crippen molar-refractivity contribution >= 4 is 40.5 Å². The number of methoxy groups -OCH3 is 1. The third-order valence-corrected chi connectivity index (χ3v) is 4.38. The molecule has 1 aromatic heterocycles. The average molecular weight is 369 g/mol. The van der Waals surface area contributed by atoms with Crippen LogP contribution in [-0.4, -0.2) is 35.9 Å². The summed E-state index contributed by atoms with van der Waals surface area (Å²) >= 11 is 7.19. The van der Waals surface area contributed by atoms with E-state index in [1.807, 2.05) is 0 Å². The maximum absolute atomic E-state index is 12.5. The van der Waals surface area contributed by atoms with Gasteiger partial charge < -0.3 is 9.64 Å². The summed E-state index contributed by atoms with van der Waals surface area (Å²) in [5, 5.41) is 11.0. The highest BCUT2D eigenvalue weighted by Crippen LogP contribution is 2.24. The molecule has 0 aliphatic carbocycles. The van der Waals surface area contributed by atoms with Crippen LogP contribution in [0.25, 0.3) is 0 Å². The van der Waals surface area contributed by atoms with Gasteiger partial charge in [0.15, 0.2) is 0 Å². The lowest BCUT2D eigenvalue weighted by molar-refractivity contribution is -0.384. The highest BCUT2D eigenvalue weighted by atomic mass is 35.5. The summed E-state index contributed by atoms with van der Waals surface area (Å²) < 4.78 is 5.17. The molecule has 0 aliphatic rings. The second-order valence-electron chi connectivity index (χ2n) is 4.88. The van der Waals surface area contributed by atoms with Crippen LogP contribution in [-0.2, 0) is 11.3 Å². The first-order valence-electron chi connectivity index (χ1n) is 6.69. The van der Waals surface area contributed by atoms with Gasteiger partial charge in [0.2, 0.25) is 0 Å². The Hall–Kier alpha value is -2.45. The number of benzene rings is 1. The molecule has 2 rings (SSSR count). The monoisotopic (exact) mass is 368 g/mol. The van der Waals surface area contributed by atoms with Crippen LogP contribution < -0.4 is 0 Å². The van der Waals surface area contributed by atoms with Crippen LogP contribution in [0.5, 0.6) is 0 Å². The Balaban J connectivity index is 2.31. The number of rotatable bonds is 5. The number of thiophene rings is 1. The zero-order chi connectivity index (χ0) is 17.9. The van der Waals surface area contributed by atoms with Crippen molar-refractivity contribution in [3.8, 4) is 0 Å². The number of carbonyl (C=O) groups is 2. The zero-order valence-electron chi connectivity index (χ0n) is 12.8. The van der Waals surface area contributed by atoms with Crippen LogP contribution in [0.1, 0.15) is 25.6 Å². The van der Waals surface area contributed by atoms with Crippen molar-refractivity contribution in [2.24, 2.45) is 0 Å². The molecule has 7 nitrogen and oxygen atoms in total. The van der Waals surface area contributed by atoms with E-state index in [1.54, 1.807) is 19.2 Å². The van der Waals surface area contributed by atoms with Crippen LogP contribution in [0.2, 0.25) is 4.34 Å². The van der Waals surface area contributed by atoms with E-state index in [9.17, 15) is 19.7 Å². The number of hydrogen-bond acceptors (Lipinski definition) is 6. The van der Waals surface area contributed by atoms with E-state index in [0.717, 1.165) is 24.1 Å². The molecule has 1 heterocycles. The minimum absolute atomic E-state index is 0.0368. The molecule has 9 heteroatoms. The van der Waals surface area contributed by atoms with Crippen molar-refractivity contribution in [3.05, 3.63) is 60.8 Å². The van der Waals surface area contributed by atoms with Crippen LogP contribution >= 0.6 is 22.9 Å². The van der Waals surface area contributed by atoms with Crippen LogP contribution in [0.3, 0.4) is 0 Å². The Kier molecular flexibility index (Phi) is 5.53. The summed E-state index contributed by atoms with van der Waals surface area (Å²) in [6.07, 6.45) is 0. The smallest absolute Gasteiger partial charge is 0.338 e. The number of ether oxygens (including phenoxy) is 1. The summed E-state index contributed by atoms with van der Waals surface area (Å²) in [5.41, 5.74) is -0.369. The van der Waals surface area contributed by atoms with E-state index in [1.165, 1.54) is 22.3 Å². The zero-order valence-corrected chi connectivity index (χ0v) is 14.4. The molecule has 0 bridgehead atoms. The van der Waals surface area contributed by atoms with Gasteiger partial charge in [-0.25, -0.2) is 4.79 Å². The van der Waals surface area contributed by atoms with E-state index < -0.39 is 16.8 Å². The van der Waals surface area contributed by atoms with Gasteiger partial charge in [0.05, 0.1) is 28.5 Å². The number of halogens is 1. The molecule has 126 valence electrons. The number of nitro groups is 1. The van der Waals surface area contributed by atoms with Gasteiger partial charge in [-0.15, -0.1) is 11.3 Å². The quantitative estimate of drug-likeness (QED) is 0.458. The number of nitrogens with zero attached hydrogens (tertiary/aromatic N) is 2. The van der Waals surface area contributed by atoms with Gasteiger partial charge in [-0.05, 0) is 18.2 Å². The largest absolute Gasteiger partial charge is 0.465 e. The number of non-ortho nitro benzene ring substituents is 1. The topological polar surface area (TPSA) is 89.8 Å². The molecule has 1 aromatic carbocycles. The lowest BCUT2D eigenvalue weighted by Crippen LogP contribution is -2.26. The van der Waals surface area contributed by atoms with Gasteiger partial charge in [0, 0.05) is 29.6 Å². The Bertz CT molecular complexity index is 805. The Morgan fingerprint density at radius 3 is 2.50 bits per heavy atom. The van der Waals surface area contributed by atoms with E-state index in [2.05, 4.69) is 4.74 Å². The summed E-state index contributed by atoms with van der Waals surface area (Å²) in [5.74, 6) is -1.20. The van der Waals surface area contributed by atoms with Crippen molar-refractivity contribution in [2.75, 3.05) is 14.2 Å². The first-order valence-corrected chi connectivity index (χ1v) is 7.88. The molecule has 0 saturated heterocycles. The van der Waals surface area contributed by atoms with Gasteiger partial charge in [-0.2, -0.15) is 0 Å². The van der Waals surface area contributed by atoms with Gasteiger partial charge in [0.25, 0.3) is 11.6 Å². The van der Waals surface area contributed by atoms with Crippen LogP contribution in [0.15, 0.2) is 30.3 Å². The minimum atomic E-state index is -0.750. The van der Waals surface area contributed by atoms with Gasteiger partial charge in [0.1, 0.15) is 0 Å². The highest BCUT2D eigenvalue weighted by molar-refractivity contribution is 7.16. The molecule has 0 radical (unpaired) electrons. The second-order valence-corrected chi connectivity index (χ2v) is 6.68. The molecular weight excluding hydrogens is 356 g/mol. The lowest BCUT2D eigenvalue weighted by Gasteiger charge is -2.16. The number of hydrogen-bond donors (Lipinski definition) is 0. The molecule has 0 aliphatic heterocycles. The maximum atomic E-state index is 12.5. The van der Waals surface area contributed by atoms with E-state index in [-0.39, 0.29) is 16.8 Å². The Morgan fingerprint density at radius 2 is 1.96 bits per heavy atom. The van der Waals surface area contributed by atoms with Gasteiger partial charge in [-0.3, -0.25) is 14.9 Å². The van der Waals surface area contributed by atoms with Crippen molar-refractivity contribution in [1.29, 1.82) is 0 Å². The number of esters is 1. The van der Waals surface area contributed by atoms with Crippen molar-refractivity contribution < 1.29 is 19.2 Å². The minimum Gasteiger partial charge on any atom is -0.465 e. The van der Waals surface area contributed by atoms with Gasteiger partial charge in [-0.1, -0.05) is 11.6 Å². The first-order chi connectivity index (χ1) is 11.3. The SMILES string of the molecule is COC(=O)c1cc(C(=O)N(C)Cc2ccc(Cl)s2)cc([N+](=O)[O-])c1. The molecule has 1 amide bonds. The number of carbonyl (C=O) groups excluding carboxylic acids is 2. The molecular formula is C15H13ClN2O5S. The molecule has 0 fully saturated rings. The van der Waals surface area contributed by atoms with Crippen LogP contribution in [0, 0.1) is 10.1 Å². The predicted octanol–water partition coefficient (Wildman–Crippen LogP) is 3.37. The summed E-state index contributed by atoms with van der Waals surface area (Å²) in [6, 6.07) is 7.00. The lowest BCUT2D eigenvalue weighted by atomic mass is 10.1. The van der Waals surface area contributed by atoms with Crippen molar-refractivity contribution in [1.82, 2.24) is 4.90 Å². The van der Waals surface area contributed by atoms with Crippen molar-refractivity contribution in [2.45, 2.75) is 6.54 Å². The fourth-order valence-corrected chi connectivity index (χ4v) is 3.18. The normalized spacial score (nSPS) is 10.3. The summed E-state index contributed by atoms with van der Waals surface area (Å²) in [6.45, 7) is 0.298. The van der Waals surface area contributed by atoms with E-state index >= 15 is 0 Å². The first kappa shape index (κ1) is 17.9. The highest BCUT2D eigenvalue weighted by Gasteiger charge is 2.20. The molecule has 24 heavy (non-hydrogen) atoms. The van der Waals surface area contributed by atoms with E-state index in [0.29, 0.717) is 10.9 Å². The summed E-state index contributed by atoms with van der Waals surface area (Å²) in [4.78, 5) is 36.8. The molecule has 2 aromatic rings. The Morgan fingerprint density at radius 1 is 1.29 bits per heavy atom.